The van der Waals surface area contributed by atoms with Gasteiger partial charge >= 0.3 is 5.97 Å². The van der Waals surface area contributed by atoms with Crippen LogP contribution in [0.15, 0.2) is 47.3 Å². The van der Waals surface area contributed by atoms with Gasteiger partial charge in [0.15, 0.2) is 0 Å². The zero-order valence-corrected chi connectivity index (χ0v) is 12.7. The van der Waals surface area contributed by atoms with Gasteiger partial charge in [-0.2, -0.15) is 0 Å². The molecule has 3 rings (SSSR count). The Morgan fingerprint density at radius 2 is 1.87 bits per heavy atom. The third-order valence-electron chi connectivity index (χ3n) is 3.37. The number of pyridine rings is 1. The minimum atomic E-state index is -1.07. The summed E-state index contributed by atoms with van der Waals surface area (Å²) in [6, 6.07) is 11.6. The first-order valence-electron chi connectivity index (χ1n) is 7.21. The topological polar surface area (TPSA) is 84.3 Å². The van der Waals surface area contributed by atoms with Gasteiger partial charge in [0.05, 0.1) is 11.8 Å². The van der Waals surface area contributed by atoms with Crippen LogP contribution in [0, 0.1) is 0 Å². The van der Waals surface area contributed by atoms with Gasteiger partial charge in [0.1, 0.15) is 17.1 Å². The number of hydrogen-bond acceptors (Lipinski definition) is 3. The van der Waals surface area contributed by atoms with Crippen molar-refractivity contribution in [3.05, 3.63) is 58.5 Å². The molecule has 0 radical (unpaired) electrons. The summed E-state index contributed by atoms with van der Waals surface area (Å²) >= 11 is 0. The van der Waals surface area contributed by atoms with Crippen LogP contribution in [0.3, 0.4) is 0 Å². The number of carbonyl (C=O) groups is 1. The first-order chi connectivity index (χ1) is 11.0. The number of rotatable bonds is 4. The molecule has 2 aromatic heterocycles. The minimum Gasteiger partial charge on any atom is -0.491 e. The Morgan fingerprint density at radius 1 is 1.17 bits per heavy atom. The molecule has 2 N–H and O–H groups in total. The first-order valence-corrected chi connectivity index (χ1v) is 7.21. The number of carboxylic acids is 1. The van der Waals surface area contributed by atoms with E-state index in [-0.39, 0.29) is 17.4 Å². The van der Waals surface area contributed by atoms with Crippen LogP contribution in [0.4, 0.5) is 0 Å². The highest BCUT2D eigenvalue weighted by molar-refractivity contribution is 5.93. The Bertz CT molecular complexity index is 920. The van der Waals surface area contributed by atoms with Crippen molar-refractivity contribution in [1.29, 1.82) is 0 Å². The molecular weight excluding hydrogens is 296 g/mol. The van der Waals surface area contributed by atoms with Crippen molar-refractivity contribution in [2.45, 2.75) is 20.0 Å². The fourth-order valence-electron chi connectivity index (χ4n) is 2.44. The molecule has 0 aliphatic carbocycles. The molecule has 23 heavy (non-hydrogen) atoms. The van der Waals surface area contributed by atoms with E-state index < -0.39 is 5.97 Å². The first kappa shape index (κ1) is 14.9. The van der Waals surface area contributed by atoms with Crippen molar-refractivity contribution in [2.24, 2.45) is 0 Å². The van der Waals surface area contributed by atoms with Crippen LogP contribution in [-0.4, -0.2) is 26.7 Å². The van der Waals surface area contributed by atoms with Crippen LogP contribution in [0.1, 0.15) is 24.3 Å². The number of benzene rings is 1. The van der Waals surface area contributed by atoms with Crippen molar-refractivity contribution in [1.82, 2.24) is 9.55 Å². The molecule has 0 saturated carbocycles. The molecule has 0 amide bonds. The van der Waals surface area contributed by atoms with Gasteiger partial charge in [-0.3, -0.25) is 9.36 Å². The smallest absolute Gasteiger partial charge is 0.352 e. The van der Waals surface area contributed by atoms with E-state index in [0.29, 0.717) is 22.5 Å². The SMILES string of the molecule is CC(C)Oc1ccc(-n2c(=O)ccc3cc(C(=O)O)[nH]c32)cc1. The summed E-state index contributed by atoms with van der Waals surface area (Å²) in [5, 5.41) is 9.76. The van der Waals surface area contributed by atoms with E-state index in [4.69, 9.17) is 9.84 Å². The van der Waals surface area contributed by atoms with Crippen LogP contribution in [-0.2, 0) is 0 Å². The lowest BCUT2D eigenvalue weighted by atomic mass is 10.2. The van der Waals surface area contributed by atoms with E-state index in [2.05, 4.69) is 4.98 Å². The number of aromatic amines is 1. The fourth-order valence-corrected chi connectivity index (χ4v) is 2.44. The maximum absolute atomic E-state index is 12.2. The highest BCUT2D eigenvalue weighted by Gasteiger charge is 2.12. The predicted molar refractivity (Wildman–Crippen MR) is 86.6 cm³/mol. The highest BCUT2D eigenvalue weighted by Crippen LogP contribution is 2.20. The molecular formula is C17H16N2O4. The number of nitrogens with zero attached hydrogens (tertiary/aromatic N) is 1. The second-order valence-corrected chi connectivity index (χ2v) is 5.46. The van der Waals surface area contributed by atoms with Gasteiger partial charge in [-0.25, -0.2) is 4.79 Å². The molecule has 0 atom stereocenters. The Balaban J connectivity index is 2.13. The number of ether oxygens (including phenoxy) is 1. The molecule has 0 aliphatic rings. The average Bonchev–Trinajstić information content (AvgIpc) is 2.92. The Morgan fingerprint density at radius 3 is 2.48 bits per heavy atom. The van der Waals surface area contributed by atoms with Gasteiger partial charge in [0.25, 0.3) is 5.56 Å². The number of aromatic nitrogens is 2. The monoisotopic (exact) mass is 312 g/mol. The molecule has 0 bridgehead atoms. The van der Waals surface area contributed by atoms with E-state index in [1.807, 2.05) is 13.8 Å². The zero-order valence-electron chi connectivity index (χ0n) is 12.7. The van der Waals surface area contributed by atoms with E-state index in [0.717, 1.165) is 0 Å². The van der Waals surface area contributed by atoms with Crippen molar-refractivity contribution in [3.63, 3.8) is 0 Å². The van der Waals surface area contributed by atoms with Gasteiger partial charge in [0, 0.05) is 11.5 Å². The minimum absolute atomic E-state index is 0.0408. The molecule has 118 valence electrons. The summed E-state index contributed by atoms with van der Waals surface area (Å²) in [6.07, 6.45) is 0.0635. The summed E-state index contributed by atoms with van der Waals surface area (Å²) in [7, 11) is 0. The number of aromatic carboxylic acids is 1. The lowest BCUT2D eigenvalue weighted by Gasteiger charge is -2.11. The quantitative estimate of drug-likeness (QED) is 0.776. The van der Waals surface area contributed by atoms with Crippen molar-refractivity contribution >= 4 is 17.0 Å². The number of fused-ring (bicyclic) bond motifs is 1. The van der Waals surface area contributed by atoms with Gasteiger partial charge in [-0.1, -0.05) is 0 Å². The van der Waals surface area contributed by atoms with Crippen molar-refractivity contribution < 1.29 is 14.6 Å². The number of H-pyrrole nitrogens is 1. The average molecular weight is 312 g/mol. The third kappa shape index (κ3) is 2.83. The molecule has 1 aromatic carbocycles. The van der Waals surface area contributed by atoms with Gasteiger partial charge in [-0.05, 0) is 50.2 Å². The molecule has 2 heterocycles. The number of carboxylic acid groups (broad SMARTS) is 1. The van der Waals surface area contributed by atoms with E-state index in [1.54, 1.807) is 30.3 Å². The molecule has 0 fully saturated rings. The molecule has 0 unspecified atom stereocenters. The summed E-state index contributed by atoms with van der Waals surface area (Å²) < 4.78 is 7.03. The molecule has 6 heteroatoms. The molecule has 3 aromatic rings. The number of hydrogen-bond donors (Lipinski definition) is 2. The van der Waals surface area contributed by atoms with E-state index >= 15 is 0 Å². The third-order valence-corrected chi connectivity index (χ3v) is 3.37. The Labute approximate surface area is 131 Å². The van der Waals surface area contributed by atoms with Gasteiger partial charge in [-0.15, -0.1) is 0 Å². The maximum Gasteiger partial charge on any atom is 0.352 e. The second kappa shape index (κ2) is 5.64. The second-order valence-electron chi connectivity index (χ2n) is 5.46. The normalized spacial score (nSPS) is 11.1. The zero-order chi connectivity index (χ0) is 16.6. The Kier molecular flexibility index (Phi) is 3.65. The van der Waals surface area contributed by atoms with Crippen LogP contribution >= 0.6 is 0 Å². The lowest BCUT2D eigenvalue weighted by Crippen LogP contribution is -2.17. The highest BCUT2D eigenvalue weighted by atomic mass is 16.5. The molecule has 0 spiro atoms. The Hall–Kier alpha value is -3.02. The van der Waals surface area contributed by atoms with Crippen LogP contribution in [0.25, 0.3) is 16.7 Å². The number of nitrogens with one attached hydrogen (secondary N) is 1. The largest absolute Gasteiger partial charge is 0.491 e. The van der Waals surface area contributed by atoms with Crippen LogP contribution < -0.4 is 10.3 Å². The van der Waals surface area contributed by atoms with E-state index in [1.165, 1.54) is 16.7 Å². The van der Waals surface area contributed by atoms with Crippen LogP contribution in [0.2, 0.25) is 0 Å². The fraction of sp³-hybridized carbons (Fsp3) is 0.176. The molecule has 6 nitrogen and oxygen atoms in total. The van der Waals surface area contributed by atoms with Crippen molar-refractivity contribution in [3.8, 4) is 11.4 Å². The van der Waals surface area contributed by atoms with Gasteiger partial charge < -0.3 is 14.8 Å². The maximum atomic E-state index is 12.2. The predicted octanol–water partition coefficient (Wildman–Crippen LogP) is 2.80. The molecule has 0 aliphatic heterocycles. The summed E-state index contributed by atoms with van der Waals surface area (Å²) in [5.74, 6) is -0.359. The van der Waals surface area contributed by atoms with E-state index in [9.17, 15) is 9.59 Å². The lowest BCUT2D eigenvalue weighted by molar-refractivity contribution is 0.0691. The summed E-state index contributed by atoms with van der Waals surface area (Å²) in [5.41, 5.74) is 0.885. The van der Waals surface area contributed by atoms with Crippen molar-refractivity contribution in [2.75, 3.05) is 0 Å². The summed E-state index contributed by atoms with van der Waals surface area (Å²) in [6.45, 7) is 3.87. The van der Waals surface area contributed by atoms with Crippen LogP contribution in [0.5, 0.6) is 5.75 Å². The molecule has 0 saturated heterocycles. The standard InChI is InChI=1S/C17H16N2O4/c1-10(2)23-13-6-4-12(5-7-13)19-15(20)8-3-11-9-14(17(21)22)18-16(11)19/h3-10,18H,1-2H3,(H,21,22). The summed E-state index contributed by atoms with van der Waals surface area (Å²) in [4.78, 5) is 26.1. The van der Waals surface area contributed by atoms with Gasteiger partial charge in [0.2, 0.25) is 0 Å².